The Labute approximate surface area is 102 Å². The van der Waals surface area contributed by atoms with E-state index in [1.54, 1.807) is 17.1 Å². The Hall–Kier alpha value is -1.84. The van der Waals surface area contributed by atoms with Crippen molar-refractivity contribution in [3.8, 4) is 5.82 Å². The summed E-state index contributed by atoms with van der Waals surface area (Å²) in [5, 5.41) is 7.61. The van der Waals surface area contributed by atoms with Crippen molar-refractivity contribution in [1.82, 2.24) is 14.8 Å². The van der Waals surface area contributed by atoms with Gasteiger partial charge in [0.2, 0.25) is 0 Å². The van der Waals surface area contributed by atoms with Gasteiger partial charge in [0.25, 0.3) is 0 Å². The van der Waals surface area contributed by atoms with E-state index in [4.69, 9.17) is 0 Å². The third-order valence-electron chi connectivity index (χ3n) is 2.55. The second-order valence-corrected chi connectivity index (χ2v) is 4.43. The normalized spacial score (nSPS) is 10.8. The fourth-order valence-corrected chi connectivity index (χ4v) is 1.61. The number of anilines is 1. The van der Waals surface area contributed by atoms with E-state index < -0.39 is 0 Å². The van der Waals surface area contributed by atoms with E-state index in [0.717, 1.165) is 24.5 Å². The maximum atomic E-state index is 4.36. The van der Waals surface area contributed by atoms with Crippen LogP contribution in [0.15, 0.2) is 36.8 Å². The maximum Gasteiger partial charge on any atom is 0.176 e. The molecule has 0 aliphatic carbocycles. The summed E-state index contributed by atoms with van der Waals surface area (Å²) < 4.78 is 1.78. The number of nitrogens with one attached hydrogen (secondary N) is 1. The van der Waals surface area contributed by atoms with Crippen molar-refractivity contribution in [2.75, 3.05) is 11.9 Å². The molecule has 1 N–H and O–H groups in total. The lowest BCUT2D eigenvalue weighted by Gasteiger charge is -2.11. The Kier molecular flexibility index (Phi) is 3.75. The van der Waals surface area contributed by atoms with Gasteiger partial charge in [-0.05, 0) is 30.5 Å². The van der Waals surface area contributed by atoms with E-state index in [-0.39, 0.29) is 0 Å². The molecule has 0 saturated carbocycles. The largest absolute Gasteiger partial charge is 0.382 e. The highest BCUT2D eigenvalue weighted by Gasteiger charge is 2.05. The van der Waals surface area contributed by atoms with Gasteiger partial charge in [-0.2, -0.15) is 5.10 Å². The van der Waals surface area contributed by atoms with Crippen molar-refractivity contribution in [2.24, 2.45) is 5.92 Å². The molecule has 90 valence electrons. The van der Waals surface area contributed by atoms with Crippen molar-refractivity contribution in [3.05, 3.63) is 36.8 Å². The molecule has 2 aromatic rings. The van der Waals surface area contributed by atoms with Gasteiger partial charge in [0.15, 0.2) is 5.82 Å². The van der Waals surface area contributed by atoms with Gasteiger partial charge in [0.05, 0.1) is 5.69 Å². The van der Waals surface area contributed by atoms with Crippen LogP contribution in [-0.2, 0) is 0 Å². The Morgan fingerprint density at radius 3 is 2.88 bits per heavy atom. The SMILES string of the molecule is CC(C)CCNc1cccnc1-n1cccn1. The first-order valence-electron chi connectivity index (χ1n) is 5.96. The van der Waals surface area contributed by atoms with E-state index >= 15 is 0 Å². The summed E-state index contributed by atoms with van der Waals surface area (Å²) in [7, 11) is 0. The highest BCUT2D eigenvalue weighted by molar-refractivity contribution is 5.56. The fraction of sp³-hybridized carbons (Fsp3) is 0.385. The predicted octanol–water partition coefficient (Wildman–Crippen LogP) is 2.73. The van der Waals surface area contributed by atoms with Crippen LogP contribution in [0.1, 0.15) is 20.3 Å². The first-order chi connectivity index (χ1) is 8.27. The van der Waals surface area contributed by atoms with Crippen LogP contribution in [0.3, 0.4) is 0 Å². The summed E-state index contributed by atoms with van der Waals surface area (Å²) in [6, 6.07) is 5.86. The molecule has 0 bridgehead atoms. The Bertz CT molecular complexity index is 448. The Balaban J connectivity index is 2.11. The Morgan fingerprint density at radius 1 is 1.29 bits per heavy atom. The van der Waals surface area contributed by atoms with E-state index in [1.165, 1.54) is 0 Å². The third-order valence-corrected chi connectivity index (χ3v) is 2.55. The highest BCUT2D eigenvalue weighted by atomic mass is 15.3. The molecular weight excluding hydrogens is 212 g/mol. The quantitative estimate of drug-likeness (QED) is 0.858. The molecule has 0 fully saturated rings. The molecule has 0 aromatic carbocycles. The summed E-state index contributed by atoms with van der Waals surface area (Å²) in [6.07, 6.45) is 6.58. The van der Waals surface area contributed by atoms with Crippen LogP contribution in [0.25, 0.3) is 5.82 Å². The van der Waals surface area contributed by atoms with Crippen LogP contribution in [0.5, 0.6) is 0 Å². The predicted molar refractivity (Wildman–Crippen MR) is 69.3 cm³/mol. The lowest BCUT2D eigenvalue weighted by molar-refractivity contribution is 0.607. The summed E-state index contributed by atoms with van der Waals surface area (Å²) >= 11 is 0. The molecule has 0 unspecified atom stereocenters. The molecule has 0 aliphatic heterocycles. The molecule has 4 nitrogen and oxygen atoms in total. The second-order valence-electron chi connectivity index (χ2n) is 4.43. The zero-order valence-corrected chi connectivity index (χ0v) is 10.3. The fourth-order valence-electron chi connectivity index (χ4n) is 1.61. The topological polar surface area (TPSA) is 42.7 Å². The summed E-state index contributed by atoms with van der Waals surface area (Å²) in [5.74, 6) is 1.55. The van der Waals surface area contributed by atoms with Gasteiger partial charge in [-0.3, -0.25) is 0 Å². The van der Waals surface area contributed by atoms with Crippen LogP contribution < -0.4 is 5.32 Å². The molecule has 0 saturated heterocycles. The van der Waals surface area contributed by atoms with Gasteiger partial charge in [-0.25, -0.2) is 9.67 Å². The average Bonchev–Trinajstić information content (AvgIpc) is 2.82. The lowest BCUT2D eigenvalue weighted by atomic mass is 10.1. The average molecular weight is 230 g/mol. The minimum absolute atomic E-state index is 0.701. The third kappa shape index (κ3) is 3.06. The molecule has 17 heavy (non-hydrogen) atoms. The van der Waals surface area contributed by atoms with Crippen LogP contribution in [-0.4, -0.2) is 21.3 Å². The van der Waals surface area contributed by atoms with Crippen molar-refractivity contribution in [3.63, 3.8) is 0 Å². The van der Waals surface area contributed by atoms with Crippen molar-refractivity contribution in [2.45, 2.75) is 20.3 Å². The first-order valence-corrected chi connectivity index (χ1v) is 5.96. The number of pyridine rings is 1. The van der Waals surface area contributed by atoms with Crippen molar-refractivity contribution < 1.29 is 0 Å². The second kappa shape index (κ2) is 5.48. The summed E-state index contributed by atoms with van der Waals surface area (Å²) in [5.41, 5.74) is 1.02. The number of hydrogen-bond acceptors (Lipinski definition) is 3. The molecular formula is C13H18N4. The van der Waals surface area contributed by atoms with Gasteiger partial charge >= 0.3 is 0 Å². The standard InChI is InChI=1S/C13H18N4/c1-11(2)6-9-14-12-5-3-7-15-13(12)17-10-4-8-16-17/h3-5,7-8,10-11,14H,6,9H2,1-2H3. The zero-order valence-electron chi connectivity index (χ0n) is 10.3. The number of aromatic nitrogens is 3. The molecule has 2 aromatic heterocycles. The smallest absolute Gasteiger partial charge is 0.176 e. The summed E-state index contributed by atoms with van der Waals surface area (Å²) in [6.45, 7) is 5.40. The van der Waals surface area contributed by atoms with Gasteiger partial charge in [0, 0.05) is 25.1 Å². The van der Waals surface area contributed by atoms with Crippen LogP contribution in [0.4, 0.5) is 5.69 Å². The summed E-state index contributed by atoms with van der Waals surface area (Å²) in [4.78, 5) is 4.36. The Morgan fingerprint density at radius 2 is 2.18 bits per heavy atom. The monoisotopic (exact) mass is 230 g/mol. The maximum absolute atomic E-state index is 4.36. The molecule has 0 radical (unpaired) electrons. The molecule has 0 amide bonds. The van der Waals surface area contributed by atoms with Crippen molar-refractivity contribution >= 4 is 5.69 Å². The van der Waals surface area contributed by atoms with Gasteiger partial charge < -0.3 is 5.32 Å². The van der Waals surface area contributed by atoms with E-state index in [1.807, 2.05) is 24.4 Å². The molecule has 0 atom stereocenters. The van der Waals surface area contributed by atoms with Gasteiger partial charge in [-0.1, -0.05) is 13.8 Å². The molecule has 0 aliphatic rings. The van der Waals surface area contributed by atoms with Gasteiger partial charge in [0.1, 0.15) is 0 Å². The van der Waals surface area contributed by atoms with Crippen molar-refractivity contribution in [1.29, 1.82) is 0 Å². The number of rotatable bonds is 5. The molecule has 2 heterocycles. The first kappa shape index (κ1) is 11.6. The van der Waals surface area contributed by atoms with E-state index in [9.17, 15) is 0 Å². The lowest BCUT2D eigenvalue weighted by Crippen LogP contribution is -2.09. The van der Waals surface area contributed by atoms with E-state index in [0.29, 0.717) is 5.92 Å². The number of hydrogen-bond donors (Lipinski definition) is 1. The van der Waals surface area contributed by atoms with Crippen LogP contribution in [0, 0.1) is 5.92 Å². The molecule has 4 heteroatoms. The highest BCUT2D eigenvalue weighted by Crippen LogP contribution is 2.16. The van der Waals surface area contributed by atoms with Crippen LogP contribution in [0.2, 0.25) is 0 Å². The van der Waals surface area contributed by atoms with E-state index in [2.05, 4.69) is 29.2 Å². The van der Waals surface area contributed by atoms with Crippen LogP contribution >= 0.6 is 0 Å². The zero-order chi connectivity index (χ0) is 12.1. The van der Waals surface area contributed by atoms with Gasteiger partial charge in [-0.15, -0.1) is 0 Å². The number of nitrogens with zero attached hydrogens (tertiary/aromatic N) is 3. The molecule has 2 rings (SSSR count). The molecule has 0 spiro atoms. The minimum atomic E-state index is 0.701. The minimum Gasteiger partial charge on any atom is -0.382 e.